The van der Waals surface area contributed by atoms with Crippen molar-refractivity contribution < 1.29 is 13.2 Å². The Kier molecular flexibility index (Phi) is 6.08. The van der Waals surface area contributed by atoms with Crippen LogP contribution in [0, 0.1) is 0 Å². The molecule has 0 amide bonds. The fraction of sp³-hybridized carbons (Fsp3) is 0.400. The van der Waals surface area contributed by atoms with Gasteiger partial charge in [0.05, 0.1) is 12.3 Å². The molecular formula is C10H12BrF2NOS. The van der Waals surface area contributed by atoms with E-state index in [2.05, 4.69) is 27.8 Å². The maximum Gasteiger partial charge on any atom is 0.284 e. The standard InChI is InChI=1S/C10H12BrF2NOS/c1-7(11)4-14-5-8-2-3-9(15-8)6-16-10(12)13/h2-3,10,14H,1,4-6H2. The van der Waals surface area contributed by atoms with Gasteiger partial charge in [0, 0.05) is 11.0 Å². The van der Waals surface area contributed by atoms with Gasteiger partial charge in [-0.25, -0.2) is 0 Å². The maximum absolute atomic E-state index is 11.9. The van der Waals surface area contributed by atoms with E-state index in [4.69, 9.17) is 4.42 Å². The van der Waals surface area contributed by atoms with Gasteiger partial charge in [0.1, 0.15) is 11.5 Å². The summed E-state index contributed by atoms with van der Waals surface area (Å²) in [6.07, 6.45) is 0. The second kappa shape index (κ2) is 7.09. The molecule has 0 saturated heterocycles. The van der Waals surface area contributed by atoms with Crippen molar-refractivity contribution in [2.24, 2.45) is 0 Å². The summed E-state index contributed by atoms with van der Waals surface area (Å²) in [6.45, 7) is 4.88. The van der Waals surface area contributed by atoms with Gasteiger partial charge < -0.3 is 9.73 Å². The molecule has 1 rings (SSSR count). The van der Waals surface area contributed by atoms with E-state index >= 15 is 0 Å². The van der Waals surface area contributed by atoms with Gasteiger partial charge in [-0.1, -0.05) is 34.3 Å². The second-order valence-electron chi connectivity index (χ2n) is 3.06. The maximum atomic E-state index is 11.9. The van der Waals surface area contributed by atoms with Crippen LogP contribution in [-0.4, -0.2) is 12.3 Å². The van der Waals surface area contributed by atoms with E-state index in [1.807, 2.05) is 0 Å². The lowest BCUT2D eigenvalue weighted by Gasteiger charge is -2.00. The highest BCUT2D eigenvalue weighted by Gasteiger charge is 2.06. The molecule has 0 aliphatic carbocycles. The Bertz CT molecular complexity index is 343. The highest BCUT2D eigenvalue weighted by atomic mass is 79.9. The number of hydrogen-bond donors (Lipinski definition) is 1. The van der Waals surface area contributed by atoms with E-state index in [1.165, 1.54) is 0 Å². The van der Waals surface area contributed by atoms with Gasteiger partial charge in [-0.2, -0.15) is 8.78 Å². The molecule has 0 aromatic carbocycles. The molecule has 0 bridgehead atoms. The zero-order chi connectivity index (χ0) is 12.0. The van der Waals surface area contributed by atoms with Crippen molar-refractivity contribution in [1.29, 1.82) is 0 Å². The van der Waals surface area contributed by atoms with Gasteiger partial charge in [-0.15, -0.1) is 0 Å². The SMILES string of the molecule is C=C(Br)CNCc1ccc(CSC(F)F)o1. The van der Waals surface area contributed by atoms with Crippen molar-refractivity contribution in [2.75, 3.05) is 6.54 Å². The molecule has 0 saturated carbocycles. The van der Waals surface area contributed by atoms with Crippen molar-refractivity contribution in [3.8, 4) is 0 Å². The molecule has 0 unspecified atom stereocenters. The summed E-state index contributed by atoms with van der Waals surface area (Å²) in [6, 6.07) is 3.50. The Morgan fingerprint density at radius 1 is 1.50 bits per heavy atom. The molecule has 90 valence electrons. The summed E-state index contributed by atoms with van der Waals surface area (Å²) in [7, 11) is 0. The average Bonchev–Trinajstić information content (AvgIpc) is 2.62. The minimum Gasteiger partial charge on any atom is -0.464 e. The summed E-state index contributed by atoms with van der Waals surface area (Å²) >= 11 is 3.78. The topological polar surface area (TPSA) is 25.2 Å². The number of furan rings is 1. The van der Waals surface area contributed by atoms with E-state index in [0.717, 1.165) is 10.2 Å². The molecule has 6 heteroatoms. The fourth-order valence-electron chi connectivity index (χ4n) is 1.06. The number of halogens is 3. The predicted molar refractivity (Wildman–Crippen MR) is 65.8 cm³/mol. The lowest BCUT2D eigenvalue weighted by atomic mass is 10.4. The van der Waals surface area contributed by atoms with E-state index < -0.39 is 5.76 Å². The van der Waals surface area contributed by atoms with E-state index in [9.17, 15) is 8.78 Å². The van der Waals surface area contributed by atoms with Crippen LogP contribution >= 0.6 is 27.7 Å². The Labute approximate surface area is 106 Å². The largest absolute Gasteiger partial charge is 0.464 e. The van der Waals surface area contributed by atoms with Crippen LogP contribution in [0.25, 0.3) is 0 Å². The van der Waals surface area contributed by atoms with Crippen molar-refractivity contribution in [1.82, 2.24) is 5.32 Å². The number of rotatable bonds is 7. The normalized spacial score (nSPS) is 11.0. The molecule has 2 nitrogen and oxygen atoms in total. The number of hydrogen-bond acceptors (Lipinski definition) is 3. The Morgan fingerprint density at radius 3 is 2.81 bits per heavy atom. The molecule has 0 fully saturated rings. The van der Waals surface area contributed by atoms with Crippen LogP contribution < -0.4 is 5.32 Å². The molecule has 0 aliphatic rings. The van der Waals surface area contributed by atoms with E-state index in [-0.39, 0.29) is 5.75 Å². The van der Waals surface area contributed by atoms with Crippen molar-refractivity contribution in [2.45, 2.75) is 18.1 Å². The number of alkyl halides is 2. The second-order valence-corrected chi connectivity index (χ2v) is 5.16. The lowest BCUT2D eigenvalue weighted by Crippen LogP contribution is -2.13. The summed E-state index contributed by atoms with van der Waals surface area (Å²) in [5.74, 6) is -0.857. The zero-order valence-electron chi connectivity index (χ0n) is 8.51. The zero-order valence-corrected chi connectivity index (χ0v) is 10.9. The van der Waals surface area contributed by atoms with Crippen LogP contribution in [0.5, 0.6) is 0 Å². The first-order valence-electron chi connectivity index (χ1n) is 4.59. The van der Waals surface area contributed by atoms with E-state index in [0.29, 0.717) is 30.6 Å². The van der Waals surface area contributed by atoms with Crippen molar-refractivity contribution in [3.05, 3.63) is 34.7 Å². The van der Waals surface area contributed by atoms with Gasteiger partial charge in [0.15, 0.2) is 0 Å². The third kappa shape index (κ3) is 5.67. The molecule has 1 aromatic heterocycles. The number of nitrogens with one attached hydrogen (secondary N) is 1. The highest BCUT2D eigenvalue weighted by Crippen LogP contribution is 2.21. The van der Waals surface area contributed by atoms with Crippen molar-refractivity contribution >= 4 is 27.7 Å². The molecule has 0 aliphatic heterocycles. The molecule has 0 radical (unpaired) electrons. The average molecular weight is 312 g/mol. The van der Waals surface area contributed by atoms with Gasteiger partial charge in [-0.05, 0) is 12.1 Å². The molecule has 16 heavy (non-hydrogen) atoms. The van der Waals surface area contributed by atoms with Crippen LogP contribution in [-0.2, 0) is 12.3 Å². The minimum absolute atomic E-state index is 0.197. The molecule has 1 N–H and O–H groups in total. The first-order chi connectivity index (χ1) is 7.58. The smallest absolute Gasteiger partial charge is 0.284 e. The summed E-state index contributed by atoms with van der Waals surface area (Å²) in [5, 5.41) is 3.08. The molecule has 1 heterocycles. The predicted octanol–water partition coefficient (Wildman–Crippen LogP) is 3.73. The quantitative estimate of drug-likeness (QED) is 0.830. The van der Waals surface area contributed by atoms with Gasteiger partial charge in [-0.3, -0.25) is 0 Å². The third-order valence-electron chi connectivity index (χ3n) is 1.68. The van der Waals surface area contributed by atoms with Gasteiger partial charge in [0.25, 0.3) is 5.76 Å². The molecular weight excluding hydrogens is 300 g/mol. The van der Waals surface area contributed by atoms with Gasteiger partial charge in [0.2, 0.25) is 0 Å². The van der Waals surface area contributed by atoms with Crippen molar-refractivity contribution in [3.63, 3.8) is 0 Å². The molecule has 0 atom stereocenters. The first-order valence-corrected chi connectivity index (χ1v) is 6.43. The third-order valence-corrected chi connectivity index (χ3v) is 2.67. The van der Waals surface area contributed by atoms with Crippen LogP contribution in [0.4, 0.5) is 8.78 Å². The van der Waals surface area contributed by atoms with Crippen LogP contribution in [0.1, 0.15) is 11.5 Å². The van der Waals surface area contributed by atoms with Crippen LogP contribution in [0.2, 0.25) is 0 Å². The monoisotopic (exact) mass is 311 g/mol. The van der Waals surface area contributed by atoms with Crippen LogP contribution in [0.15, 0.2) is 27.6 Å². The summed E-state index contributed by atoms with van der Waals surface area (Å²) in [4.78, 5) is 0. The number of thioether (sulfide) groups is 1. The Morgan fingerprint density at radius 2 is 2.19 bits per heavy atom. The van der Waals surface area contributed by atoms with Gasteiger partial charge >= 0.3 is 0 Å². The minimum atomic E-state index is -2.36. The molecule has 1 aromatic rings. The summed E-state index contributed by atoms with van der Waals surface area (Å²) in [5.41, 5.74) is 0. The Hall–Kier alpha value is -0.330. The highest BCUT2D eigenvalue weighted by molar-refractivity contribution is 9.11. The first kappa shape index (κ1) is 13.7. The lowest BCUT2D eigenvalue weighted by molar-refractivity contribution is 0.251. The summed E-state index contributed by atoms with van der Waals surface area (Å²) < 4.78 is 30.0. The van der Waals surface area contributed by atoms with E-state index in [1.54, 1.807) is 12.1 Å². The fourth-order valence-corrected chi connectivity index (χ4v) is 1.71. The molecule has 0 spiro atoms. The van der Waals surface area contributed by atoms with Crippen LogP contribution in [0.3, 0.4) is 0 Å². The Balaban J connectivity index is 2.30.